The van der Waals surface area contributed by atoms with Gasteiger partial charge in [-0.3, -0.25) is 9.69 Å². The van der Waals surface area contributed by atoms with Gasteiger partial charge in [0.2, 0.25) is 0 Å². The van der Waals surface area contributed by atoms with Crippen LogP contribution in [0.4, 0.5) is 0 Å². The first-order valence-corrected chi connectivity index (χ1v) is 9.27. The predicted octanol–water partition coefficient (Wildman–Crippen LogP) is 4.08. The van der Waals surface area contributed by atoms with Gasteiger partial charge < -0.3 is 9.84 Å². The number of ether oxygens (including phenoxy) is 1. The summed E-state index contributed by atoms with van der Waals surface area (Å²) in [5, 5.41) is 8.95. The fourth-order valence-corrected chi connectivity index (χ4v) is 3.20. The molecule has 1 heterocycles. The third-order valence-electron chi connectivity index (χ3n) is 4.58. The summed E-state index contributed by atoms with van der Waals surface area (Å²) in [4.78, 5) is 12.9. The van der Waals surface area contributed by atoms with E-state index in [-0.39, 0.29) is 6.54 Å². The highest BCUT2D eigenvalue weighted by Gasteiger charge is 2.23. The van der Waals surface area contributed by atoms with Gasteiger partial charge in [0.1, 0.15) is 0 Å². The molecular formula is C18H35NO3. The number of morpholine rings is 1. The van der Waals surface area contributed by atoms with E-state index in [1.807, 2.05) is 0 Å². The van der Waals surface area contributed by atoms with Crippen molar-refractivity contribution in [1.29, 1.82) is 0 Å². The van der Waals surface area contributed by atoms with Crippen LogP contribution in [0.25, 0.3) is 0 Å². The average Bonchev–Trinajstić information content (AvgIpc) is 2.50. The minimum Gasteiger partial charge on any atom is -0.480 e. The highest BCUT2D eigenvalue weighted by molar-refractivity contribution is 5.69. The van der Waals surface area contributed by atoms with E-state index in [4.69, 9.17) is 9.84 Å². The molecule has 0 aromatic heterocycles. The quantitative estimate of drug-likeness (QED) is 0.520. The van der Waals surface area contributed by atoms with Gasteiger partial charge >= 0.3 is 5.97 Å². The van der Waals surface area contributed by atoms with Crippen LogP contribution in [0.2, 0.25) is 0 Å². The summed E-state index contributed by atoms with van der Waals surface area (Å²) >= 11 is 0. The lowest BCUT2D eigenvalue weighted by atomic mass is 10.0. The lowest BCUT2D eigenvalue weighted by Gasteiger charge is -2.34. The zero-order valence-electron chi connectivity index (χ0n) is 14.4. The zero-order valence-corrected chi connectivity index (χ0v) is 14.4. The molecule has 130 valence electrons. The van der Waals surface area contributed by atoms with Crippen molar-refractivity contribution < 1.29 is 14.6 Å². The Kier molecular flexibility index (Phi) is 11.4. The molecule has 4 nitrogen and oxygen atoms in total. The molecule has 1 unspecified atom stereocenters. The van der Waals surface area contributed by atoms with Crippen LogP contribution in [0.15, 0.2) is 0 Å². The molecule has 1 aliphatic rings. The molecule has 4 heteroatoms. The SMILES string of the molecule is CCCCCCCCCCCCC1COCCN1CC(=O)O. The number of carboxylic acid groups (broad SMARTS) is 1. The molecule has 0 spiro atoms. The number of hydrogen-bond donors (Lipinski definition) is 1. The lowest BCUT2D eigenvalue weighted by Crippen LogP contribution is -2.47. The molecular weight excluding hydrogens is 278 g/mol. The number of carbonyl (C=O) groups is 1. The van der Waals surface area contributed by atoms with Gasteiger partial charge in [-0.1, -0.05) is 71.1 Å². The number of rotatable bonds is 13. The van der Waals surface area contributed by atoms with Crippen LogP contribution in [0.3, 0.4) is 0 Å². The standard InChI is InChI=1S/C18H35NO3/c1-2-3-4-5-6-7-8-9-10-11-12-17-16-22-14-13-19(17)15-18(20)21/h17H,2-16H2,1H3,(H,20,21). The third-order valence-corrected chi connectivity index (χ3v) is 4.58. The Hall–Kier alpha value is -0.610. The maximum atomic E-state index is 10.9. The first-order chi connectivity index (χ1) is 10.7. The van der Waals surface area contributed by atoms with Gasteiger partial charge in [-0.25, -0.2) is 0 Å². The van der Waals surface area contributed by atoms with E-state index in [0.29, 0.717) is 19.3 Å². The van der Waals surface area contributed by atoms with Gasteiger partial charge in [0.05, 0.1) is 19.8 Å². The fraction of sp³-hybridized carbons (Fsp3) is 0.944. The van der Waals surface area contributed by atoms with Crippen LogP contribution < -0.4 is 0 Å². The molecule has 1 saturated heterocycles. The topological polar surface area (TPSA) is 49.8 Å². The van der Waals surface area contributed by atoms with Gasteiger partial charge in [0.25, 0.3) is 0 Å². The van der Waals surface area contributed by atoms with Gasteiger partial charge in [-0.05, 0) is 6.42 Å². The summed E-state index contributed by atoms with van der Waals surface area (Å²) in [6, 6.07) is 0.305. The second-order valence-electron chi connectivity index (χ2n) is 6.56. The third kappa shape index (κ3) is 9.42. The van der Waals surface area contributed by atoms with E-state index in [0.717, 1.165) is 13.0 Å². The molecule has 0 aromatic carbocycles. The summed E-state index contributed by atoms with van der Waals surface area (Å²) in [7, 11) is 0. The van der Waals surface area contributed by atoms with E-state index in [9.17, 15) is 4.79 Å². The number of nitrogens with zero attached hydrogens (tertiary/aromatic N) is 1. The second-order valence-corrected chi connectivity index (χ2v) is 6.56. The molecule has 0 radical (unpaired) electrons. The molecule has 1 atom stereocenters. The average molecular weight is 313 g/mol. The van der Waals surface area contributed by atoms with Crippen molar-refractivity contribution in [1.82, 2.24) is 4.90 Å². The summed E-state index contributed by atoms with van der Waals surface area (Å²) < 4.78 is 5.50. The van der Waals surface area contributed by atoms with Crippen molar-refractivity contribution in [3.63, 3.8) is 0 Å². The maximum Gasteiger partial charge on any atom is 0.317 e. The van der Waals surface area contributed by atoms with Crippen molar-refractivity contribution >= 4 is 5.97 Å². The van der Waals surface area contributed by atoms with Crippen LogP contribution in [0.5, 0.6) is 0 Å². The van der Waals surface area contributed by atoms with Gasteiger partial charge in [-0.2, -0.15) is 0 Å². The Balaban J connectivity index is 1.97. The van der Waals surface area contributed by atoms with Crippen molar-refractivity contribution in [2.45, 2.75) is 83.6 Å². The predicted molar refractivity (Wildman–Crippen MR) is 90.3 cm³/mol. The first kappa shape index (κ1) is 19.4. The Bertz CT molecular complexity index is 284. The molecule has 1 rings (SSSR count). The number of aliphatic carboxylic acids is 1. The Labute approximate surface area is 136 Å². The normalized spacial score (nSPS) is 19.4. The van der Waals surface area contributed by atoms with E-state index < -0.39 is 5.97 Å². The molecule has 1 N–H and O–H groups in total. The molecule has 0 amide bonds. The summed E-state index contributed by atoms with van der Waals surface area (Å²) in [5.41, 5.74) is 0. The Morgan fingerprint density at radius 3 is 2.23 bits per heavy atom. The lowest BCUT2D eigenvalue weighted by molar-refractivity contribution is -0.140. The van der Waals surface area contributed by atoms with Crippen LogP contribution in [0, 0.1) is 0 Å². The minimum absolute atomic E-state index is 0.159. The summed E-state index contributed by atoms with van der Waals surface area (Å²) in [5.74, 6) is -0.727. The van der Waals surface area contributed by atoms with E-state index in [2.05, 4.69) is 11.8 Å². The van der Waals surface area contributed by atoms with Crippen molar-refractivity contribution in [3.8, 4) is 0 Å². The number of unbranched alkanes of at least 4 members (excludes halogenated alkanes) is 9. The first-order valence-electron chi connectivity index (χ1n) is 9.27. The van der Waals surface area contributed by atoms with Crippen LogP contribution >= 0.6 is 0 Å². The van der Waals surface area contributed by atoms with E-state index in [1.54, 1.807) is 0 Å². The van der Waals surface area contributed by atoms with Crippen LogP contribution in [-0.2, 0) is 9.53 Å². The van der Waals surface area contributed by atoms with Gasteiger partial charge in [0.15, 0.2) is 0 Å². The fourth-order valence-electron chi connectivity index (χ4n) is 3.20. The summed E-state index contributed by atoms with van der Waals surface area (Å²) in [6.07, 6.45) is 14.5. The molecule has 0 saturated carbocycles. The van der Waals surface area contributed by atoms with Crippen LogP contribution in [-0.4, -0.2) is 48.3 Å². The highest BCUT2D eigenvalue weighted by atomic mass is 16.5. The molecule has 0 bridgehead atoms. The second kappa shape index (κ2) is 12.9. The molecule has 0 aliphatic carbocycles. The van der Waals surface area contributed by atoms with E-state index >= 15 is 0 Å². The molecule has 1 aliphatic heterocycles. The van der Waals surface area contributed by atoms with Gasteiger partial charge in [-0.15, -0.1) is 0 Å². The summed E-state index contributed by atoms with van der Waals surface area (Å²) in [6.45, 7) is 4.54. The van der Waals surface area contributed by atoms with Crippen molar-refractivity contribution in [2.75, 3.05) is 26.3 Å². The van der Waals surface area contributed by atoms with E-state index in [1.165, 1.54) is 64.2 Å². The van der Waals surface area contributed by atoms with Crippen LogP contribution in [0.1, 0.15) is 77.6 Å². The molecule has 22 heavy (non-hydrogen) atoms. The molecule has 0 aromatic rings. The highest BCUT2D eigenvalue weighted by Crippen LogP contribution is 2.16. The molecule has 1 fully saturated rings. The minimum atomic E-state index is -0.727. The van der Waals surface area contributed by atoms with Crippen molar-refractivity contribution in [3.05, 3.63) is 0 Å². The number of hydrogen-bond acceptors (Lipinski definition) is 3. The maximum absolute atomic E-state index is 10.9. The largest absolute Gasteiger partial charge is 0.480 e. The Morgan fingerprint density at radius 1 is 1.05 bits per heavy atom. The number of carboxylic acids is 1. The zero-order chi connectivity index (χ0) is 16.0. The Morgan fingerprint density at radius 2 is 1.64 bits per heavy atom. The van der Waals surface area contributed by atoms with Crippen molar-refractivity contribution in [2.24, 2.45) is 0 Å². The smallest absolute Gasteiger partial charge is 0.317 e. The van der Waals surface area contributed by atoms with Gasteiger partial charge in [0, 0.05) is 12.6 Å². The monoisotopic (exact) mass is 313 g/mol.